The molecule has 2 unspecified atom stereocenters. The highest BCUT2D eigenvalue weighted by Crippen LogP contribution is 2.50. The average molecular weight is 446 g/mol. The Morgan fingerprint density at radius 3 is 2.53 bits per heavy atom. The second kappa shape index (κ2) is 9.03. The summed E-state index contributed by atoms with van der Waals surface area (Å²) in [5.41, 5.74) is 0.817. The first-order valence-electron chi connectivity index (χ1n) is 12.2. The molecule has 3 fully saturated rings. The van der Waals surface area contributed by atoms with Crippen LogP contribution in [0.1, 0.15) is 81.6 Å². The van der Waals surface area contributed by atoms with Crippen molar-refractivity contribution in [2.24, 2.45) is 23.2 Å². The topological polar surface area (TPSA) is 66.8 Å². The zero-order valence-corrected chi connectivity index (χ0v) is 19.5. The van der Waals surface area contributed by atoms with Gasteiger partial charge in [-0.25, -0.2) is 9.18 Å². The van der Waals surface area contributed by atoms with Crippen molar-refractivity contribution in [1.29, 1.82) is 0 Å². The molecule has 1 aromatic carbocycles. The van der Waals surface area contributed by atoms with Gasteiger partial charge < -0.3 is 14.7 Å². The fraction of sp³-hybridized carbons (Fsp3) is 0.692. The number of amides is 1. The number of hydrogen-bond donors (Lipinski definition) is 1. The molecule has 6 heteroatoms. The van der Waals surface area contributed by atoms with Crippen LogP contribution in [-0.2, 0) is 11.2 Å². The van der Waals surface area contributed by atoms with Crippen LogP contribution in [0.15, 0.2) is 12.1 Å². The van der Waals surface area contributed by atoms with Gasteiger partial charge in [0.15, 0.2) is 0 Å². The summed E-state index contributed by atoms with van der Waals surface area (Å²) in [6.45, 7) is 7.51. The lowest BCUT2D eigenvalue weighted by atomic mass is 9.60. The number of carbonyl (C=O) groups is 2. The van der Waals surface area contributed by atoms with E-state index in [0.29, 0.717) is 38.2 Å². The first-order valence-corrected chi connectivity index (χ1v) is 12.2. The lowest BCUT2D eigenvalue weighted by molar-refractivity contribution is -0.141. The van der Waals surface area contributed by atoms with Crippen LogP contribution in [0, 0.1) is 29.0 Å². The van der Waals surface area contributed by atoms with Crippen LogP contribution in [0.4, 0.5) is 4.39 Å². The molecule has 0 radical (unpaired) electrons. The molecule has 1 aromatic rings. The van der Waals surface area contributed by atoms with Gasteiger partial charge in [0.05, 0.1) is 12.2 Å². The maximum absolute atomic E-state index is 15.0. The molecular formula is C26H36FNO4. The van der Waals surface area contributed by atoms with Crippen LogP contribution in [0.2, 0.25) is 0 Å². The monoisotopic (exact) mass is 445 g/mol. The minimum absolute atomic E-state index is 0.0604. The van der Waals surface area contributed by atoms with Crippen LogP contribution < -0.4 is 4.74 Å². The summed E-state index contributed by atoms with van der Waals surface area (Å²) in [5.74, 6) is 0.612. The van der Waals surface area contributed by atoms with E-state index >= 15 is 4.39 Å². The minimum Gasteiger partial charge on any atom is -0.493 e. The fourth-order valence-corrected chi connectivity index (χ4v) is 6.67. The number of halogens is 1. The first-order chi connectivity index (χ1) is 15.2. The Bertz CT molecular complexity index is 867. The zero-order valence-electron chi connectivity index (χ0n) is 19.5. The van der Waals surface area contributed by atoms with Crippen molar-refractivity contribution < 1.29 is 23.8 Å². The Morgan fingerprint density at radius 2 is 1.91 bits per heavy atom. The molecule has 1 aliphatic heterocycles. The van der Waals surface area contributed by atoms with Crippen LogP contribution in [0.5, 0.6) is 5.75 Å². The van der Waals surface area contributed by atoms with E-state index in [-0.39, 0.29) is 11.0 Å². The highest BCUT2D eigenvalue weighted by molar-refractivity contribution is 5.97. The molecule has 0 aromatic heterocycles. The van der Waals surface area contributed by atoms with E-state index in [1.54, 1.807) is 6.07 Å². The van der Waals surface area contributed by atoms with Crippen molar-refractivity contribution in [2.45, 2.75) is 78.2 Å². The van der Waals surface area contributed by atoms with Gasteiger partial charge in [-0.1, -0.05) is 20.8 Å². The molecule has 2 aliphatic carbocycles. The number of rotatable bonds is 6. The Labute approximate surface area is 190 Å². The quantitative estimate of drug-likeness (QED) is 0.645. The smallest absolute Gasteiger partial charge is 0.326 e. The summed E-state index contributed by atoms with van der Waals surface area (Å²) < 4.78 is 21.2. The average Bonchev–Trinajstić information content (AvgIpc) is 3.21. The normalized spacial score (nSPS) is 32.1. The van der Waals surface area contributed by atoms with Gasteiger partial charge in [-0.3, -0.25) is 4.79 Å². The van der Waals surface area contributed by atoms with Crippen molar-refractivity contribution in [3.63, 3.8) is 0 Å². The van der Waals surface area contributed by atoms with Gasteiger partial charge in [0.1, 0.15) is 17.6 Å². The third kappa shape index (κ3) is 4.65. The number of carboxylic acids is 1. The summed E-state index contributed by atoms with van der Waals surface area (Å²) in [5, 5.41) is 9.38. The SMILES string of the molecule is CCc1cc(C(=O)N2CCC[C@H]2C(=O)O)c(F)cc1OCC1(C)CC2CC(C)CC(C2)C1. The van der Waals surface area contributed by atoms with Crippen LogP contribution in [0.3, 0.4) is 0 Å². The van der Waals surface area contributed by atoms with Gasteiger partial charge in [-0.15, -0.1) is 0 Å². The summed E-state index contributed by atoms with van der Waals surface area (Å²) in [6.07, 6.45) is 7.86. The third-order valence-corrected chi connectivity index (χ3v) is 7.84. The van der Waals surface area contributed by atoms with Gasteiger partial charge in [-0.2, -0.15) is 0 Å². The van der Waals surface area contributed by atoms with Crippen LogP contribution >= 0.6 is 0 Å². The molecule has 32 heavy (non-hydrogen) atoms. The van der Waals surface area contributed by atoms with Crippen molar-refractivity contribution in [2.75, 3.05) is 13.2 Å². The fourth-order valence-electron chi connectivity index (χ4n) is 6.67. The number of carboxylic acid groups (broad SMARTS) is 1. The number of benzene rings is 1. The maximum atomic E-state index is 15.0. The molecule has 1 saturated heterocycles. The number of nitrogens with zero attached hydrogens (tertiary/aromatic N) is 1. The molecule has 176 valence electrons. The van der Waals surface area contributed by atoms with E-state index in [2.05, 4.69) is 13.8 Å². The van der Waals surface area contributed by atoms with E-state index < -0.39 is 23.7 Å². The van der Waals surface area contributed by atoms with E-state index in [4.69, 9.17) is 4.74 Å². The number of likely N-dealkylation sites (tertiary alicyclic amines) is 1. The molecule has 4 rings (SSSR count). The lowest BCUT2D eigenvalue weighted by Crippen LogP contribution is -2.40. The number of fused-ring (bicyclic) bond motifs is 2. The number of ether oxygens (including phenoxy) is 1. The standard InChI is InChI=1S/C26H36FNO4/c1-4-19-11-20(24(29)28-7-5-6-22(28)25(30)31)21(27)12-23(19)32-15-26(3)13-17-8-16(2)9-18(10-17)14-26/h11-12,16-18,22H,4-10,13-15H2,1-3H3,(H,30,31)/t16?,17?,18?,22-,26?/m0/s1. The van der Waals surface area contributed by atoms with Crippen molar-refractivity contribution >= 4 is 11.9 Å². The minimum atomic E-state index is -1.04. The third-order valence-electron chi connectivity index (χ3n) is 7.84. The molecule has 1 amide bonds. The van der Waals surface area contributed by atoms with Gasteiger partial charge in [0, 0.05) is 18.0 Å². The predicted molar refractivity (Wildman–Crippen MR) is 120 cm³/mol. The second-order valence-electron chi connectivity index (χ2n) is 10.8. The second-order valence-corrected chi connectivity index (χ2v) is 10.8. The highest BCUT2D eigenvalue weighted by atomic mass is 19.1. The van der Waals surface area contributed by atoms with Crippen molar-refractivity contribution in [1.82, 2.24) is 4.90 Å². The number of aryl methyl sites for hydroxylation is 1. The molecule has 0 spiro atoms. The number of aliphatic carboxylic acids is 1. The molecular weight excluding hydrogens is 409 g/mol. The lowest BCUT2D eigenvalue weighted by Gasteiger charge is -2.47. The molecule has 2 saturated carbocycles. The molecule has 1 heterocycles. The van der Waals surface area contributed by atoms with E-state index in [9.17, 15) is 14.7 Å². The first kappa shape index (κ1) is 23.1. The summed E-state index contributed by atoms with van der Waals surface area (Å²) in [6, 6.07) is 2.01. The van der Waals surface area contributed by atoms with Crippen molar-refractivity contribution in [3.8, 4) is 5.75 Å². The molecule has 1 N–H and O–H groups in total. The maximum Gasteiger partial charge on any atom is 0.326 e. The van der Waals surface area contributed by atoms with E-state index in [0.717, 1.165) is 36.2 Å². The van der Waals surface area contributed by atoms with Gasteiger partial charge >= 0.3 is 5.97 Å². The largest absolute Gasteiger partial charge is 0.493 e. The summed E-state index contributed by atoms with van der Waals surface area (Å²) in [4.78, 5) is 25.7. The Balaban J connectivity index is 1.49. The van der Waals surface area contributed by atoms with Crippen molar-refractivity contribution in [3.05, 3.63) is 29.1 Å². The Hall–Kier alpha value is -2.11. The van der Waals surface area contributed by atoms with Gasteiger partial charge in [0.2, 0.25) is 0 Å². The molecule has 5 nitrogen and oxygen atoms in total. The molecule has 3 atom stereocenters. The molecule has 3 aliphatic rings. The van der Waals surface area contributed by atoms with Gasteiger partial charge in [-0.05, 0) is 80.8 Å². The van der Waals surface area contributed by atoms with E-state index in [1.807, 2.05) is 6.92 Å². The Kier molecular flexibility index (Phi) is 6.51. The summed E-state index contributed by atoms with van der Waals surface area (Å²) in [7, 11) is 0. The van der Waals surface area contributed by atoms with E-state index in [1.165, 1.54) is 30.2 Å². The number of carbonyl (C=O) groups excluding carboxylic acids is 1. The molecule has 2 bridgehead atoms. The predicted octanol–water partition coefficient (Wildman–Crippen LogP) is 5.31. The Morgan fingerprint density at radius 1 is 1.22 bits per heavy atom. The highest BCUT2D eigenvalue weighted by Gasteiger charge is 2.41. The van der Waals surface area contributed by atoms with Crippen LogP contribution in [-0.4, -0.2) is 41.1 Å². The summed E-state index contributed by atoms with van der Waals surface area (Å²) >= 11 is 0. The van der Waals surface area contributed by atoms with Gasteiger partial charge in [0.25, 0.3) is 5.91 Å². The zero-order chi connectivity index (χ0) is 23.0. The van der Waals surface area contributed by atoms with Crippen LogP contribution in [0.25, 0.3) is 0 Å². The number of hydrogen-bond acceptors (Lipinski definition) is 3.